The smallest absolute Gasteiger partial charge is 0.150 e. The molecule has 0 amide bonds. The minimum atomic E-state index is 0.580. The lowest BCUT2D eigenvalue weighted by molar-refractivity contribution is 0.388. The Labute approximate surface area is 104 Å². The maximum absolute atomic E-state index is 4.60. The number of hydrogen-bond donors (Lipinski definition) is 1. The maximum Gasteiger partial charge on any atom is 0.150 e. The largest absolute Gasteiger partial charge is 0.312 e. The number of nitrogens with one attached hydrogen (secondary N) is 1. The molecule has 1 unspecified atom stereocenters. The topological polar surface area (TPSA) is 42.7 Å². The summed E-state index contributed by atoms with van der Waals surface area (Å²) in [4.78, 5) is 4.56. The van der Waals surface area contributed by atoms with Gasteiger partial charge in [0.05, 0.1) is 6.54 Å². The van der Waals surface area contributed by atoms with Gasteiger partial charge in [0.1, 0.15) is 5.82 Å². The van der Waals surface area contributed by atoms with Crippen molar-refractivity contribution < 1.29 is 0 Å². The molecule has 1 aliphatic rings. The Bertz CT molecular complexity index is 354. The van der Waals surface area contributed by atoms with E-state index in [2.05, 4.69) is 40.9 Å². The molecule has 0 spiro atoms. The third-order valence-corrected chi connectivity index (χ3v) is 3.45. The lowest BCUT2D eigenvalue weighted by atomic mass is 10.2. The molecule has 0 bridgehead atoms. The van der Waals surface area contributed by atoms with Crippen LogP contribution in [0, 0.1) is 5.92 Å². The quantitative estimate of drug-likeness (QED) is 0.785. The molecule has 1 fully saturated rings. The van der Waals surface area contributed by atoms with Gasteiger partial charge in [-0.05, 0) is 25.3 Å². The summed E-state index contributed by atoms with van der Waals surface area (Å²) in [6.45, 7) is 8.46. The fourth-order valence-corrected chi connectivity index (χ4v) is 2.31. The fourth-order valence-electron chi connectivity index (χ4n) is 2.31. The van der Waals surface area contributed by atoms with Crippen LogP contribution in [0.15, 0.2) is 0 Å². The predicted octanol–water partition coefficient (Wildman–Crippen LogP) is 1.79. The van der Waals surface area contributed by atoms with E-state index in [1.807, 2.05) is 0 Å². The Morgan fingerprint density at radius 3 is 2.59 bits per heavy atom. The lowest BCUT2D eigenvalue weighted by Gasteiger charge is -2.17. The fraction of sp³-hybridized carbons (Fsp3) is 0.846. The SMILES string of the molecule is CCNC(Cn1nc(CC)nc1CC)C1CC1. The van der Waals surface area contributed by atoms with Gasteiger partial charge in [-0.3, -0.25) is 0 Å². The van der Waals surface area contributed by atoms with Crippen molar-refractivity contribution in [3.05, 3.63) is 11.6 Å². The summed E-state index contributed by atoms with van der Waals surface area (Å²) in [7, 11) is 0. The molecule has 1 saturated carbocycles. The van der Waals surface area contributed by atoms with Crippen LogP contribution in [0.3, 0.4) is 0 Å². The van der Waals surface area contributed by atoms with E-state index in [-0.39, 0.29) is 0 Å². The second-order valence-electron chi connectivity index (χ2n) is 4.84. The minimum absolute atomic E-state index is 0.580. The highest BCUT2D eigenvalue weighted by atomic mass is 15.4. The average Bonchev–Trinajstić information content (AvgIpc) is 3.10. The molecule has 1 aliphatic carbocycles. The van der Waals surface area contributed by atoms with E-state index in [9.17, 15) is 0 Å². The van der Waals surface area contributed by atoms with E-state index < -0.39 is 0 Å². The van der Waals surface area contributed by atoms with Crippen LogP contribution in [0.5, 0.6) is 0 Å². The second-order valence-corrected chi connectivity index (χ2v) is 4.84. The molecule has 1 aromatic rings. The van der Waals surface area contributed by atoms with Crippen LogP contribution in [-0.2, 0) is 19.4 Å². The number of rotatable bonds is 7. The monoisotopic (exact) mass is 236 g/mol. The van der Waals surface area contributed by atoms with Crippen molar-refractivity contribution in [2.75, 3.05) is 6.54 Å². The third kappa shape index (κ3) is 3.06. The first kappa shape index (κ1) is 12.6. The van der Waals surface area contributed by atoms with Crippen molar-refractivity contribution in [1.82, 2.24) is 20.1 Å². The zero-order valence-electron chi connectivity index (χ0n) is 11.2. The number of aryl methyl sites for hydroxylation is 2. The third-order valence-electron chi connectivity index (χ3n) is 3.45. The van der Waals surface area contributed by atoms with E-state index in [1.165, 1.54) is 12.8 Å². The number of likely N-dealkylation sites (N-methyl/N-ethyl adjacent to an activating group) is 1. The molecule has 0 aliphatic heterocycles. The summed E-state index contributed by atoms with van der Waals surface area (Å²) < 4.78 is 2.12. The van der Waals surface area contributed by atoms with Gasteiger partial charge < -0.3 is 5.32 Å². The van der Waals surface area contributed by atoms with Crippen LogP contribution < -0.4 is 5.32 Å². The van der Waals surface area contributed by atoms with Crippen LogP contribution in [0.25, 0.3) is 0 Å². The molecule has 1 heterocycles. The Hall–Kier alpha value is -0.900. The van der Waals surface area contributed by atoms with E-state index in [0.29, 0.717) is 6.04 Å². The summed E-state index contributed by atoms with van der Waals surface area (Å²) in [5.74, 6) is 2.97. The van der Waals surface area contributed by atoms with Crippen molar-refractivity contribution in [2.24, 2.45) is 5.92 Å². The van der Waals surface area contributed by atoms with Gasteiger partial charge in [0.25, 0.3) is 0 Å². The zero-order valence-corrected chi connectivity index (χ0v) is 11.2. The average molecular weight is 236 g/mol. The summed E-state index contributed by atoms with van der Waals surface area (Å²) >= 11 is 0. The van der Waals surface area contributed by atoms with Gasteiger partial charge in [-0.1, -0.05) is 20.8 Å². The highest BCUT2D eigenvalue weighted by molar-refractivity contribution is 4.95. The van der Waals surface area contributed by atoms with E-state index in [0.717, 1.165) is 43.5 Å². The summed E-state index contributed by atoms with van der Waals surface area (Å²) in [5.41, 5.74) is 0. The van der Waals surface area contributed by atoms with Crippen LogP contribution in [0.4, 0.5) is 0 Å². The molecule has 4 nitrogen and oxygen atoms in total. The van der Waals surface area contributed by atoms with Gasteiger partial charge in [-0.2, -0.15) is 5.10 Å². The van der Waals surface area contributed by atoms with Crippen molar-refractivity contribution in [3.8, 4) is 0 Å². The van der Waals surface area contributed by atoms with E-state index >= 15 is 0 Å². The number of aromatic nitrogens is 3. The lowest BCUT2D eigenvalue weighted by Crippen LogP contribution is -2.35. The van der Waals surface area contributed by atoms with Crippen LogP contribution >= 0.6 is 0 Å². The number of nitrogens with zero attached hydrogens (tertiary/aromatic N) is 3. The molecule has 0 aromatic carbocycles. The summed E-state index contributed by atoms with van der Waals surface area (Å²) in [5, 5.41) is 8.18. The Morgan fingerprint density at radius 1 is 1.29 bits per heavy atom. The first-order chi connectivity index (χ1) is 8.28. The van der Waals surface area contributed by atoms with Gasteiger partial charge in [-0.25, -0.2) is 9.67 Å². The van der Waals surface area contributed by atoms with Gasteiger partial charge in [0.2, 0.25) is 0 Å². The molecular weight excluding hydrogens is 212 g/mol. The number of hydrogen-bond acceptors (Lipinski definition) is 3. The molecule has 0 radical (unpaired) electrons. The van der Waals surface area contributed by atoms with Crippen molar-refractivity contribution in [2.45, 2.75) is 59.0 Å². The van der Waals surface area contributed by atoms with Gasteiger partial charge in [0, 0.05) is 18.9 Å². The Morgan fingerprint density at radius 2 is 2.06 bits per heavy atom. The molecule has 2 rings (SSSR count). The Balaban J connectivity index is 2.06. The van der Waals surface area contributed by atoms with Crippen LogP contribution in [-0.4, -0.2) is 27.4 Å². The predicted molar refractivity (Wildman–Crippen MR) is 69.0 cm³/mol. The normalized spacial score (nSPS) is 17.4. The molecule has 96 valence electrons. The molecule has 4 heteroatoms. The summed E-state index contributed by atoms with van der Waals surface area (Å²) in [6.07, 6.45) is 4.63. The van der Waals surface area contributed by atoms with Crippen LogP contribution in [0.1, 0.15) is 45.3 Å². The molecule has 0 saturated heterocycles. The molecule has 1 N–H and O–H groups in total. The minimum Gasteiger partial charge on any atom is -0.312 e. The van der Waals surface area contributed by atoms with Gasteiger partial charge in [0.15, 0.2) is 5.82 Å². The standard InChI is InChI=1S/C13H24N4/c1-4-12-15-13(5-2)17(16-12)9-11(14-6-3)10-7-8-10/h10-11,14H,4-9H2,1-3H3. The van der Waals surface area contributed by atoms with E-state index in [4.69, 9.17) is 0 Å². The second kappa shape index (κ2) is 5.63. The van der Waals surface area contributed by atoms with Crippen molar-refractivity contribution in [3.63, 3.8) is 0 Å². The molecular formula is C13H24N4. The zero-order chi connectivity index (χ0) is 12.3. The van der Waals surface area contributed by atoms with Crippen molar-refractivity contribution in [1.29, 1.82) is 0 Å². The molecule has 1 atom stereocenters. The first-order valence-electron chi connectivity index (χ1n) is 6.94. The highest BCUT2D eigenvalue weighted by Crippen LogP contribution is 2.33. The van der Waals surface area contributed by atoms with Crippen molar-refractivity contribution >= 4 is 0 Å². The molecule has 17 heavy (non-hydrogen) atoms. The van der Waals surface area contributed by atoms with Gasteiger partial charge >= 0.3 is 0 Å². The highest BCUT2D eigenvalue weighted by Gasteiger charge is 2.31. The van der Waals surface area contributed by atoms with E-state index in [1.54, 1.807) is 0 Å². The van der Waals surface area contributed by atoms with Gasteiger partial charge in [-0.15, -0.1) is 0 Å². The summed E-state index contributed by atoms with van der Waals surface area (Å²) in [6, 6.07) is 0.580. The molecule has 1 aromatic heterocycles. The first-order valence-corrected chi connectivity index (χ1v) is 6.94. The maximum atomic E-state index is 4.60. The Kier molecular flexibility index (Phi) is 4.15. The van der Waals surface area contributed by atoms with Crippen LogP contribution in [0.2, 0.25) is 0 Å².